The Hall–Kier alpha value is -3.34. The van der Waals surface area contributed by atoms with Gasteiger partial charge < -0.3 is 0 Å². The summed E-state index contributed by atoms with van der Waals surface area (Å²) in [4.78, 5) is 9.77. The Morgan fingerprint density at radius 3 is 2.42 bits per heavy atom. The minimum atomic E-state index is -0.439. The fourth-order valence-electron chi connectivity index (χ4n) is 4.85. The van der Waals surface area contributed by atoms with Crippen molar-refractivity contribution in [2.75, 3.05) is 0 Å². The van der Waals surface area contributed by atoms with Crippen molar-refractivity contribution in [3.05, 3.63) is 83.2 Å². The van der Waals surface area contributed by atoms with Crippen molar-refractivity contribution in [2.24, 2.45) is 9.98 Å². The highest BCUT2D eigenvalue weighted by Crippen LogP contribution is 2.38. The number of aliphatic imine (C=N–C) groups is 2. The summed E-state index contributed by atoms with van der Waals surface area (Å²) in [5.74, 6) is 0. The molecule has 190 valence electrons. The molecule has 2 aromatic rings. The molecule has 5 nitrogen and oxygen atoms in total. The molecule has 0 fully saturated rings. The van der Waals surface area contributed by atoms with Crippen LogP contribution in [0.4, 0.5) is 5.69 Å². The maximum atomic E-state index is 5.03. The second-order valence-corrected chi connectivity index (χ2v) is 11.0. The second-order valence-electron chi connectivity index (χ2n) is 11.0. The van der Waals surface area contributed by atoms with Gasteiger partial charge in [-0.2, -0.15) is 0 Å². The lowest BCUT2D eigenvalue weighted by Crippen LogP contribution is -2.19. The fourth-order valence-corrected chi connectivity index (χ4v) is 4.85. The van der Waals surface area contributed by atoms with Gasteiger partial charge in [0.1, 0.15) is 11.2 Å². The van der Waals surface area contributed by atoms with E-state index in [9.17, 15) is 0 Å². The van der Waals surface area contributed by atoms with E-state index in [1.807, 2.05) is 31.6 Å². The Morgan fingerprint density at radius 2 is 1.81 bits per heavy atom. The standard InChI is InChI=1S/C31H41N5/c1-19(2)14-28-22(7)16-25-17-26(12-13-27(25)23(28)8)32-24(9)29(15-20(3)4)36-18-30(34-35-36)31(10,11)33-21(5)6/h12-13,17-18,29H,1,3,7,14-16H2,2,4-6,8-11H3. The molecule has 1 unspecified atom stereocenters. The molecule has 1 aliphatic carbocycles. The molecule has 1 heterocycles. The number of rotatable bonds is 9. The molecular formula is C31H41N5. The van der Waals surface area contributed by atoms with E-state index in [0.717, 1.165) is 53.2 Å². The van der Waals surface area contributed by atoms with E-state index < -0.39 is 5.54 Å². The summed E-state index contributed by atoms with van der Waals surface area (Å²) in [7, 11) is 0. The monoisotopic (exact) mass is 483 g/mol. The fraction of sp³-hybridized carbons (Fsp3) is 0.419. The molecule has 36 heavy (non-hydrogen) atoms. The largest absolute Gasteiger partial charge is 0.282 e. The lowest BCUT2D eigenvalue weighted by Gasteiger charge is -2.24. The summed E-state index contributed by atoms with van der Waals surface area (Å²) in [5.41, 5.74) is 11.9. The van der Waals surface area contributed by atoms with Gasteiger partial charge in [0.2, 0.25) is 0 Å². The number of hydrogen-bond acceptors (Lipinski definition) is 4. The smallest absolute Gasteiger partial charge is 0.110 e. The summed E-state index contributed by atoms with van der Waals surface area (Å²) in [6, 6.07) is 6.42. The molecule has 1 aliphatic rings. The Morgan fingerprint density at radius 1 is 1.11 bits per heavy atom. The van der Waals surface area contributed by atoms with Crippen molar-refractivity contribution < 1.29 is 0 Å². The first-order valence-electron chi connectivity index (χ1n) is 12.6. The molecule has 3 rings (SSSR count). The third-order valence-electron chi connectivity index (χ3n) is 6.54. The number of hydrogen-bond donors (Lipinski definition) is 0. The van der Waals surface area contributed by atoms with Crippen molar-refractivity contribution in [3.8, 4) is 0 Å². The first-order chi connectivity index (χ1) is 16.8. The predicted octanol–water partition coefficient (Wildman–Crippen LogP) is 8.15. The highest BCUT2D eigenvalue weighted by molar-refractivity contribution is 5.89. The molecule has 5 heteroatoms. The highest BCUT2D eigenvalue weighted by atomic mass is 15.4. The zero-order valence-corrected chi connectivity index (χ0v) is 23.4. The van der Waals surface area contributed by atoms with Gasteiger partial charge in [0.25, 0.3) is 0 Å². The minimum absolute atomic E-state index is 0.0685. The maximum absolute atomic E-state index is 5.03. The molecule has 1 atom stereocenters. The molecule has 0 spiro atoms. The zero-order valence-electron chi connectivity index (χ0n) is 23.4. The molecular weight excluding hydrogens is 442 g/mol. The molecule has 0 aliphatic heterocycles. The molecule has 1 aromatic carbocycles. The molecule has 0 saturated heterocycles. The summed E-state index contributed by atoms with van der Waals surface area (Å²) in [6.45, 7) is 29.1. The van der Waals surface area contributed by atoms with E-state index >= 15 is 0 Å². The van der Waals surface area contributed by atoms with Crippen molar-refractivity contribution >= 4 is 22.7 Å². The quantitative estimate of drug-likeness (QED) is 0.267. The third kappa shape index (κ3) is 6.26. The lowest BCUT2D eigenvalue weighted by atomic mass is 9.81. The Kier molecular flexibility index (Phi) is 8.12. The van der Waals surface area contributed by atoms with Crippen LogP contribution in [-0.2, 0) is 12.0 Å². The van der Waals surface area contributed by atoms with Crippen LogP contribution in [0.25, 0.3) is 5.57 Å². The van der Waals surface area contributed by atoms with E-state index in [1.165, 1.54) is 27.8 Å². The highest BCUT2D eigenvalue weighted by Gasteiger charge is 2.26. The normalized spacial score (nSPS) is 15.0. The van der Waals surface area contributed by atoms with Crippen LogP contribution >= 0.6 is 0 Å². The first-order valence-corrected chi connectivity index (χ1v) is 12.6. The first kappa shape index (κ1) is 27.3. The second kappa shape index (κ2) is 10.7. The van der Waals surface area contributed by atoms with Crippen molar-refractivity contribution in [1.29, 1.82) is 0 Å². The van der Waals surface area contributed by atoms with E-state index in [0.29, 0.717) is 0 Å². The number of aromatic nitrogens is 3. The number of fused-ring (bicyclic) bond motifs is 1. The SMILES string of the molecule is C=C(C)CC1=C(C)c2ccc(N=C(C)C(CC(=C)C)n3cc(C(C)(C)N=C(C)C)nn3)cc2CC1=C. The van der Waals surface area contributed by atoms with Gasteiger partial charge in [-0.3, -0.25) is 9.98 Å². The average molecular weight is 484 g/mol. The van der Waals surface area contributed by atoms with Crippen LogP contribution in [0.5, 0.6) is 0 Å². The number of benzene rings is 1. The van der Waals surface area contributed by atoms with Gasteiger partial charge >= 0.3 is 0 Å². The van der Waals surface area contributed by atoms with E-state index in [4.69, 9.17) is 9.98 Å². The van der Waals surface area contributed by atoms with Crippen LogP contribution in [0.15, 0.2) is 76.4 Å². The predicted molar refractivity (Wildman–Crippen MR) is 154 cm³/mol. The molecule has 0 bridgehead atoms. The summed E-state index contributed by atoms with van der Waals surface area (Å²) >= 11 is 0. The van der Waals surface area contributed by atoms with Gasteiger partial charge in [-0.15, -0.1) is 11.7 Å². The number of nitrogens with zero attached hydrogens (tertiary/aromatic N) is 5. The van der Waals surface area contributed by atoms with E-state index in [1.54, 1.807) is 0 Å². The van der Waals surface area contributed by atoms with Crippen LogP contribution < -0.4 is 0 Å². The van der Waals surface area contributed by atoms with Gasteiger partial charge in [0.15, 0.2) is 0 Å². The van der Waals surface area contributed by atoms with Gasteiger partial charge in [-0.1, -0.05) is 35.6 Å². The Balaban J connectivity index is 1.96. The topological polar surface area (TPSA) is 55.4 Å². The molecule has 0 amide bonds. The molecule has 0 radical (unpaired) electrons. The van der Waals surface area contributed by atoms with Crippen molar-refractivity contribution in [3.63, 3.8) is 0 Å². The van der Waals surface area contributed by atoms with Crippen LogP contribution in [0, 0.1) is 0 Å². The third-order valence-corrected chi connectivity index (χ3v) is 6.54. The molecule has 0 saturated carbocycles. The zero-order chi connectivity index (χ0) is 26.8. The van der Waals surface area contributed by atoms with E-state index in [-0.39, 0.29) is 6.04 Å². The molecule has 1 aromatic heterocycles. The van der Waals surface area contributed by atoms with Crippen LogP contribution in [-0.4, -0.2) is 26.4 Å². The van der Waals surface area contributed by atoms with Gasteiger partial charge in [-0.25, -0.2) is 4.68 Å². The van der Waals surface area contributed by atoms with Crippen LogP contribution in [0.2, 0.25) is 0 Å². The summed E-state index contributed by atoms with van der Waals surface area (Å²) in [6.07, 6.45) is 4.45. The van der Waals surface area contributed by atoms with Crippen LogP contribution in [0.1, 0.15) is 91.1 Å². The minimum Gasteiger partial charge on any atom is -0.282 e. The van der Waals surface area contributed by atoms with Gasteiger partial charge in [-0.05, 0) is 115 Å². The lowest BCUT2D eigenvalue weighted by molar-refractivity contribution is 0.534. The van der Waals surface area contributed by atoms with Crippen molar-refractivity contribution in [2.45, 2.75) is 86.2 Å². The van der Waals surface area contributed by atoms with Crippen LogP contribution in [0.3, 0.4) is 0 Å². The Bertz CT molecular complexity index is 1290. The van der Waals surface area contributed by atoms with Gasteiger partial charge in [0.05, 0.1) is 17.9 Å². The summed E-state index contributed by atoms with van der Waals surface area (Å²) < 4.78 is 1.90. The average Bonchev–Trinajstić information content (AvgIpc) is 3.24. The van der Waals surface area contributed by atoms with Gasteiger partial charge in [0, 0.05) is 11.4 Å². The Labute approximate surface area is 217 Å². The number of allylic oxidation sites excluding steroid dienone is 5. The van der Waals surface area contributed by atoms with E-state index in [2.05, 4.69) is 82.9 Å². The van der Waals surface area contributed by atoms with Crippen molar-refractivity contribution in [1.82, 2.24) is 15.0 Å². The summed E-state index contributed by atoms with van der Waals surface area (Å²) in [5, 5.41) is 8.94. The molecule has 0 N–H and O–H groups in total. The maximum Gasteiger partial charge on any atom is 0.110 e.